The number of rotatable bonds is 6. The molecule has 0 unspecified atom stereocenters. The molecule has 8 heteroatoms. The van der Waals surface area contributed by atoms with Gasteiger partial charge in [-0.3, -0.25) is 0 Å². The van der Waals surface area contributed by atoms with Crippen molar-refractivity contribution in [2.75, 3.05) is 14.2 Å². The lowest BCUT2D eigenvalue weighted by Gasteiger charge is -2.04. The van der Waals surface area contributed by atoms with Crippen LogP contribution >= 0.6 is 67.6 Å². The Morgan fingerprint density at radius 1 is 0.850 bits per heavy atom. The Labute approximate surface area is 146 Å². The third-order valence-electron chi connectivity index (χ3n) is 2.06. The fraction of sp³-hybridized carbons (Fsp3) is 0.333. The maximum absolute atomic E-state index is 4.96. The van der Waals surface area contributed by atoms with E-state index in [-0.39, 0.29) is 0 Å². The Balaban J connectivity index is 2.29. The van der Waals surface area contributed by atoms with Crippen molar-refractivity contribution in [3.8, 4) is 0 Å². The molecule has 0 bridgehead atoms. The van der Waals surface area contributed by atoms with Crippen LogP contribution in [0.15, 0.2) is 24.3 Å². The van der Waals surface area contributed by atoms with Crippen LogP contribution in [0.3, 0.4) is 0 Å². The molecule has 0 aliphatic heterocycles. The van der Waals surface area contributed by atoms with E-state index in [1.807, 2.05) is 0 Å². The minimum absolute atomic E-state index is 0.564. The van der Waals surface area contributed by atoms with Gasteiger partial charge in [-0.05, 0) is 57.2 Å². The second kappa shape index (κ2) is 11.0. The van der Waals surface area contributed by atoms with Gasteiger partial charge in [0.15, 0.2) is 0 Å². The van der Waals surface area contributed by atoms with Gasteiger partial charge in [0.1, 0.15) is 0 Å². The lowest BCUT2D eigenvalue weighted by atomic mass is 10.2. The molecule has 0 saturated carbocycles. The molecule has 0 spiro atoms. The van der Waals surface area contributed by atoms with Gasteiger partial charge in [-0.15, -0.1) is 0 Å². The average Bonchev–Trinajstić information content (AvgIpc) is 2.48. The first-order chi connectivity index (χ1) is 9.65. The Kier molecular flexibility index (Phi) is 10.2. The van der Waals surface area contributed by atoms with Crippen molar-refractivity contribution in [3.63, 3.8) is 0 Å². The number of ether oxygens (including phenoxy) is 2. The Bertz CT molecular complexity index is 393. The summed E-state index contributed by atoms with van der Waals surface area (Å²) in [5, 5.41) is 0. The molecule has 110 valence electrons. The fourth-order valence-electron chi connectivity index (χ4n) is 1.09. The molecule has 0 aliphatic carbocycles. The van der Waals surface area contributed by atoms with Gasteiger partial charge < -0.3 is 9.47 Å². The second-order valence-corrected chi connectivity index (χ2v) is 9.21. The molecule has 1 aromatic carbocycles. The standard InChI is InChI=1S/C12H14O2S6/c1-13-11(15)19-17-7-9-3-5-10(6-4-9)8-18-20-12(16)14-2/h3-6H,7-8H2,1-2H3. The van der Waals surface area contributed by atoms with E-state index in [9.17, 15) is 0 Å². The quantitative estimate of drug-likeness (QED) is 0.480. The van der Waals surface area contributed by atoms with E-state index in [0.29, 0.717) is 8.77 Å². The summed E-state index contributed by atoms with van der Waals surface area (Å²) in [5.74, 6) is 1.81. The highest BCUT2D eigenvalue weighted by atomic mass is 33.1. The summed E-state index contributed by atoms with van der Waals surface area (Å²) in [6.07, 6.45) is 0. The normalized spacial score (nSPS) is 10.1. The van der Waals surface area contributed by atoms with E-state index in [2.05, 4.69) is 24.3 Å². The van der Waals surface area contributed by atoms with Crippen LogP contribution in [0.5, 0.6) is 0 Å². The third kappa shape index (κ3) is 7.99. The Hall–Kier alpha value is 0.400. The number of benzene rings is 1. The molecule has 1 rings (SSSR count). The van der Waals surface area contributed by atoms with Gasteiger partial charge in [0, 0.05) is 11.5 Å². The van der Waals surface area contributed by atoms with Crippen molar-refractivity contribution in [1.29, 1.82) is 0 Å². The summed E-state index contributed by atoms with van der Waals surface area (Å²) in [5.41, 5.74) is 2.55. The van der Waals surface area contributed by atoms with Crippen LogP contribution in [0.25, 0.3) is 0 Å². The topological polar surface area (TPSA) is 18.5 Å². The minimum atomic E-state index is 0.564. The predicted molar refractivity (Wildman–Crippen MR) is 103 cm³/mol. The molecule has 0 heterocycles. The first kappa shape index (κ1) is 18.4. The zero-order valence-electron chi connectivity index (χ0n) is 11.0. The second-order valence-electron chi connectivity index (χ2n) is 3.42. The highest BCUT2D eigenvalue weighted by Gasteiger charge is 2.01. The number of methoxy groups -OCH3 is 2. The smallest absolute Gasteiger partial charge is 0.230 e. The lowest BCUT2D eigenvalue weighted by molar-refractivity contribution is 0.426. The van der Waals surface area contributed by atoms with Crippen LogP contribution in [0.4, 0.5) is 0 Å². The lowest BCUT2D eigenvalue weighted by Crippen LogP contribution is -1.88. The largest absolute Gasteiger partial charge is 0.481 e. The van der Waals surface area contributed by atoms with Crippen molar-refractivity contribution >= 4 is 76.4 Å². The minimum Gasteiger partial charge on any atom is -0.481 e. The van der Waals surface area contributed by atoms with Crippen molar-refractivity contribution in [2.45, 2.75) is 11.5 Å². The van der Waals surface area contributed by atoms with Gasteiger partial charge in [-0.2, -0.15) is 0 Å². The van der Waals surface area contributed by atoms with E-state index in [0.717, 1.165) is 11.5 Å². The number of thiocarbonyl (C=S) groups is 2. The molecule has 0 saturated heterocycles. The maximum Gasteiger partial charge on any atom is 0.230 e. The van der Waals surface area contributed by atoms with Gasteiger partial charge in [-0.1, -0.05) is 45.9 Å². The average molecular weight is 383 g/mol. The molecule has 0 fully saturated rings. The van der Waals surface area contributed by atoms with Gasteiger partial charge in [-0.25, -0.2) is 0 Å². The highest BCUT2D eigenvalue weighted by molar-refractivity contribution is 8.83. The monoisotopic (exact) mass is 382 g/mol. The molecular weight excluding hydrogens is 369 g/mol. The van der Waals surface area contributed by atoms with Crippen LogP contribution in [-0.4, -0.2) is 23.0 Å². The van der Waals surface area contributed by atoms with E-state index >= 15 is 0 Å². The number of hydrogen-bond acceptors (Lipinski definition) is 8. The molecule has 0 N–H and O–H groups in total. The molecule has 0 amide bonds. The summed E-state index contributed by atoms with van der Waals surface area (Å²) >= 11 is 9.93. The highest BCUT2D eigenvalue weighted by Crippen LogP contribution is 2.30. The molecule has 0 aliphatic rings. The summed E-state index contributed by atoms with van der Waals surface area (Å²) in [6.45, 7) is 0. The van der Waals surface area contributed by atoms with Crippen LogP contribution in [0, 0.1) is 0 Å². The first-order valence-electron chi connectivity index (χ1n) is 5.48. The molecule has 0 radical (unpaired) electrons. The Morgan fingerprint density at radius 2 is 1.20 bits per heavy atom. The third-order valence-corrected chi connectivity index (χ3v) is 7.59. The van der Waals surface area contributed by atoms with E-state index < -0.39 is 0 Å². The van der Waals surface area contributed by atoms with Crippen molar-refractivity contribution in [3.05, 3.63) is 35.4 Å². The summed E-state index contributed by atoms with van der Waals surface area (Å²) in [4.78, 5) is 0. The van der Waals surface area contributed by atoms with Crippen LogP contribution in [-0.2, 0) is 21.0 Å². The van der Waals surface area contributed by atoms with Gasteiger partial charge >= 0.3 is 0 Å². The SMILES string of the molecule is COC(=S)SSCc1ccc(CSSC(=S)OC)cc1. The predicted octanol–water partition coefficient (Wildman–Crippen LogP) is 5.31. The number of hydrogen-bond donors (Lipinski definition) is 0. The van der Waals surface area contributed by atoms with E-state index in [4.69, 9.17) is 33.9 Å². The van der Waals surface area contributed by atoms with E-state index in [1.165, 1.54) is 32.7 Å². The van der Waals surface area contributed by atoms with Gasteiger partial charge in [0.2, 0.25) is 8.77 Å². The zero-order chi connectivity index (χ0) is 14.8. The molecule has 1 aromatic rings. The van der Waals surface area contributed by atoms with E-state index in [1.54, 1.807) is 35.8 Å². The fourth-order valence-corrected chi connectivity index (χ4v) is 5.22. The molecule has 20 heavy (non-hydrogen) atoms. The summed E-state index contributed by atoms with van der Waals surface area (Å²) < 4.78 is 11.0. The Morgan fingerprint density at radius 3 is 1.50 bits per heavy atom. The van der Waals surface area contributed by atoms with Crippen LogP contribution in [0.2, 0.25) is 0 Å². The van der Waals surface area contributed by atoms with Crippen molar-refractivity contribution in [2.24, 2.45) is 0 Å². The maximum atomic E-state index is 4.96. The van der Waals surface area contributed by atoms with Crippen LogP contribution in [0.1, 0.15) is 11.1 Å². The first-order valence-corrected chi connectivity index (χ1v) is 10.9. The van der Waals surface area contributed by atoms with Gasteiger partial charge in [0.25, 0.3) is 0 Å². The van der Waals surface area contributed by atoms with Crippen molar-refractivity contribution in [1.82, 2.24) is 0 Å². The van der Waals surface area contributed by atoms with Crippen molar-refractivity contribution < 1.29 is 9.47 Å². The molecule has 0 atom stereocenters. The van der Waals surface area contributed by atoms with Crippen LogP contribution < -0.4 is 0 Å². The zero-order valence-corrected chi connectivity index (χ0v) is 15.9. The molecule has 0 aromatic heterocycles. The molecule has 2 nitrogen and oxygen atoms in total. The summed E-state index contributed by atoms with van der Waals surface area (Å²) in [7, 11) is 9.51. The van der Waals surface area contributed by atoms with Gasteiger partial charge in [0.05, 0.1) is 14.2 Å². The summed E-state index contributed by atoms with van der Waals surface area (Å²) in [6, 6.07) is 8.55. The molecular formula is C12H14O2S6.